The summed E-state index contributed by atoms with van der Waals surface area (Å²) >= 11 is 0. The number of benzene rings is 1. The molecule has 0 atom stereocenters. The van der Waals surface area contributed by atoms with Crippen LogP contribution in [0.2, 0.25) is 0 Å². The van der Waals surface area contributed by atoms with Gasteiger partial charge in [0.15, 0.2) is 0 Å². The Labute approximate surface area is 104 Å². The predicted molar refractivity (Wildman–Crippen MR) is 67.2 cm³/mol. The van der Waals surface area contributed by atoms with Crippen LogP contribution in [0.15, 0.2) is 36.7 Å². The molecule has 0 bridgehead atoms. The molecular formula is C14H14FNO2. The van der Waals surface area contributed by atoms with Crippen LogP contribution in [0.1, 0.15) is 30.2 Å². The number of carbonyl (C=O) groups is 1. The van der Waals surface area contributed by atoms with Crippen LogP contribution < -0.4 is 0 Å². The SMILES string of the molecule is CC(C)n1cc(C(=O)O)c(-c2ccc(F)cc2)c1. The fraction of sp³-hybridized carbons (Fsp3) is 0.214. The summed E-state index contributed by atoms with van der Waals surface area (Å²) in [4.78, 5) is 11.2. The van der Waals surface area contributed by atoms with Gasteiger partial charge in [-0.2, -0.15) is 0 Å². The zero-order valence-corrected chi connectivity index (χ0v) is 10.2. The lowest BCUT2D eigenvalue weighted by Gasteiger charge is -2.05. The van der Waals surface area contributed by atoms with E-state index in [1.807, 2.05) is 18.4 Å². The third-order valence-electron chi connectivity index (χ3n) is 2.83. The molecule has 94 valence electrons. The third-order valence-corrected chi connectivity index (χ3v) is 2.83. The largest absolute Gasteiger partial charge is 0.478 e. The van der Waals surface area contributed by atoms with Crippen molar-refractivity contribution in [1.29, 1.82) is 0 Å². The number of hydrogen-bond acceptors (Lipinski definition) is 1. The Morgan fingerprint density at radius 2 is 1.83 bits per heavy atom. The lowest BCUT2D eigenvalue weighted by Crippen LogP contribution is -1.98. The molecule has 2 rings (SSSR count). The molecule has 0 fully saturated rings. The fourth-order valence-electron chi connectivity index (χ4n) is 1.80. The minimum Gasteiger partial charge on any atom is -0.478 e. The second-order valence-electron chi connectivity index (χ2n) is 4.44. The molecule has 0 radical (unpaired) electrons. The van der Waals surface area contributed by atoms with Crippen LogP contribution in [-0.2, 0) is 0 Å². The first-order chi connectivity index (χ1) is 8.49. The van der Waals surface area contributed by atoms with E-state index in [-0.39, 0.29) is 17.4 Å². The van der Waals surface area contributed by atoms with Crippen molar-refractivity contribution in [1.82, 2.24) is 4.57 Å². The Kier molecular flexibility index (Phi) is 3.19. The van der Waals surface area contributed by atoms with E-state index >= 15 is 0 Å². The van der Waals surface area contributed by atoms with Crippen LogP contribution in [0.5, 0.6) is 0 Å². The molecule has 0 aliphatic carbocycles. The molecule has 2 aromatic rings. The van der Waals surface area contributed by atoms with E-state index in [0.717, 1.165) is 0 Å². The molecule has 1 heterocycles. The van der Waals surface area contributed by atoms with E-state index in [0.29, 0.717) is 11.1 Å². The summed E-state index contributed by atoms with van der Waals surface area (Å²) in [6.45, 7) is 3.94. The quantitative estimate of drug-likeness (QED) is 0.900. The number of aromatic nitrogens is 1. The van der Waals surface area contributed by atoms with Crippen LogP contribution >= 0.6 is 0 Å². The second-order valence-corrected chi connectivity index (χ2v) is 4.44. The topological polar surface area (TPSA) is 42.2 Å². The summed E-state index contributed by atoms with van der Waals surface area (Å²) in [6.07, 6.45) is 3.38. The molecule has 0 unspecified atom stereocenters. The zero-order chi connectivity index (χ0) is 13.3. The van der Waals surface area contributed by atoms with Gasteiger partial charge in [0.05, 0.1) is 5.56 Å². The van der Waals surface area contributed by atoms with Crippen LogP contribution in [0.25, 0.3) is 11.1 Å². The highest BCUT2D eigenvalue weighted by Crippen LogP contribution is 2.26. The van der Waals surface area contributed by atoms with Gasteiger partial charge in [0.25, 0.3) is 0 Å². The molecule has 0 saturated heterocycles. The van der Waals surface area contributed by atoms with E-state index in [9.17, 15) is 14.3 Å². The van der Waals surface area contributed by atoms with Crippen molar-refractivity contribution in [3.8, 4) is 11.1 Å². The highest BCUT2D eigenvalue weighted by Gasteiger charge is 2.16. The van der Waals surface area contributed by atoms with E-state index in [1.165, 1.54) is 12.1 Å². The molecule has 18 heavy (non-hydrogen) atoms. The average molecular weight is 247 g/mol. The van der Waals surface area contributed by atoms with Crippen LogP contribution in [0.4, 0.5) is 4.39 Å². The van der Waals surface area contributed by atoms with Crippen molar-refractivity contribution in [3.05, 3.63) is 48.0 Å². The molecule has 0 aliphatic rings. The second kappa shape index (κ2) is 4.64. The molecule has 4 heteroatoms. The van der Waals surface area contributed by atoms with Gasteiger partial charge < -0.3 is 9.67 Å². The highest BCUT2D eigenvalue weighted by atomic mass is 19.1. The molecule has 0 aliphatic heterocycles. The standard InChI is InChI=1S/C14H14FNO2/c1-9(2)16-7-12(13(8-16)14(17)18)10-3-5-11(15)6-4-10/h3-9H,1-2H3,(H,17,18). The summed E-state index contributed by atoms with van der Waals surface area (Å²) in [6, 6.07) is 6.00. The summed E-state index contributed by atoms with van der Waals surface area (Å²) in [7, 11) is 0. The number of nitrogens with zero attached hydrogens (tertiary/aromatic N) is 1. The molecule has 0 saturated carbocycles. The molecule has 0 amide bonds. The molecule has 3 nitrogen and oxygen atoms in total. The molecule has 1 N–H and O–H groups in total. The molecule has 0 spiro atoms. The average Bonchev–Trinajstić information content (AvgIpc) is 2.75. The monoisotopic (exact) mass is 247 g/mol. The lowest BCUT2D eigenvalue weighted by atomic mass is 10.1. The molecule has 1 aromatic heterocycles. The van der Waals surface area contributed by atoms with Crippen molar-refractivity contribution in [2.45, 2.75) is 19.9 Å². The Morgan fingerprint density at radius 3 is 2.33 bits per heavy atom. The van der Waals surface area contributed by atoms with Gasteiger partial charge in [-0.05, 0) is 31.5 Å². The number of hydrogen-bond donors (Lipinski definition) is 1. The number of rotatable bonds is 3. The minimum absolute atomic E-state index is 0.178. The maximum atomic E-state index is 12.9. The number of carboxylic acids is 1. The summed E-state index contributed by atoms with van der Waals surface area (Å²) in [5, 5.41) is 9.19. The number of halogens is 1. The van der Waals surface area contributed by atoms with E-state index in [4.69, 9.17) is 0 Å². The van der Waals surface area contributed by atoms with E-state index < -0.39 is 5.97 Å². The van der Waals surface area contributed by atoms with Gasteiger partial charge in [0.1, 0.15) is 5.82 Å². The van der Waals surface area contributed by atoms with Crippen molar-refractivity contribution < 1.29 is 14.3 Å². The highest BCUT2D eigenvalue weighted by molar-refractivity contribution is 5.96. The Morgan fingerprint density at radius 1 is 1.22 bits per heavy atom. The van der Waals surface area contributed by atoms with Crippen molar-refractivity contribution >= 4 is 5.97 Å². The van der Waals surface area contributed by atoms with Crippen molar-refractivity contribution in [2.24, 2.45) is 0 Å². The number of carboxylic acid groups (broad SMARTS) is 1. The Hall–Kier alpha value is -2.10. The minimum atomic E-state index is -0.978. The van der Waals surface area contributed by atoms with Gasteiger partial charge in [0, 0.05) is 24.0 Å². The number of aromatic carboxylic acids is 1. The van der Waals surface area contributed by atoms with Crippen molar-refractivity contribution in [3.63, 3.8) is 0 Å². The first-order valence-electron chi connectivity index (χ1n) is 5.69. The van der Waals surface area contributed by atoms with Crippen LogP contribution in [0, 0.1) is 5.82 Å². The maximum absolute atomic E-state index is 12.9. The summed E-state index contributed by atoms with van der Waals surface area (Å²) in [5.41, 5.74) is 1.54. The van der Waals surface area contributed by atoms with Gasteiger partial charge in [-0.15, -0.1) is 0 Å². The van der Waals surface area contributed by atoms with Gasteiger partial charge in [-0.25, -0.2) is 9.18 Å². The fourth-order valence-corrected chi connectivity index (χ4v) is 1.80. The van der Waals surface area contributed by atoms with Crippen LogP contribution in [-0.4, -0.2) is 15.6 Å². The van der Waals surface area contributed by atoms with Gasteiger partial charge in [0.2, 0.25) is 0 Å². The lowest BCUT2D eigenvalue weighted by molar-refractivity contribution is 0.0697. The zero-order valence-electron chi connectivity index (χ0n) is 10.2. The van der Waals surface area contributed by atoms with E-state index in [2.05, 4.69) is 0 Å². The van der Waals surface area contributed by atoms with Gasteiger partial charge in [-0.3, -0.25) is 0 Å². The first kappa shape index (κ1) is 12.4. The molecular weight excluding hydrogens is 233 g/mol. The normalized spacial score (nSPS) is 10.9. The summed E-state index contributed by atoms with van der Waals surface area (Å²) in [5.74, 6) is -1.31. The van der Waals surface area contributed by atoms with Crippen LogP contribution in [0.3, 0.4) is 0 Å². The maximum Gasteiger partial charge on any atom is 0.337 e. The Bertz CT molecular complexity index is 570. The van der Waals surface area contributed by atoms with Gasteiger partial charge >= 0.3 is 5.97 Å². The molecule has 1 aromatic carbocycles. The first-order valence-corrected chi connectivity index (χ1v) is 5.69. The third kappa shape index (κ3) is 2.27. The van der Waals surface area contributed by atoms with Crippen molar-refractivity contribution in [2.75, 3.05) is 0 Å². The predicted octanol–water partition coefficient (Wildman–Crippen LogP) is 3.57. The smallest absolute Gasteiger partial charge is 0.337 e. The summed E-state index contributed by atoms with van der Waals surface area (Å²) < 4.78 is 14.7. The Balaban J connectivity index is 2.55. The van der Waals surface area contributed by atoms with Gasteiger partial charge in [-0.1, -0.05) is 12.1 Å². The van der Waals surface area contributed by atoms with E-state index in [1.54, 1.807) is 24.5 Å².